The van der Waals surface area contributed by atoms with Gasteiger partial charge in [0.15, 0.2) is 0 Å². The highest BCUT2D eigenvalue weighted by atomic mass is 16.5. The molecule has 0 bridgehead atoms. The van der Waals surface area contributed by atoms with Crippen LogP contribution in [0.4, 0.5) is 0 Å². The summed E-state index contributed by atoms with van der Waals surface area (Å²) in [6.07, 6.45) is 3.77. The number of hydrogen-bond acceptors (Lipinski definition) is 3. The molecular weight excluding hydrogens is 226 g/mol. The first kappa shape index (κ1) is 15.2. The quantitative estimate of drug-likeness (QED) is 0.749. The highest BCUT2D eigenvalue weighted by Crippen LogP contribution is 2.30. The van der Waals surface area contributed by atoms with Gasteiger partial charge in [-0.3, -0.25) is 0 Å². The lowest BCUT2D eigenvalue weighted by atomic mass is 9.96. The zero-order valence-electron chi connectivity index (χ0n) is 12.3. The van der Waals surface area contributed by atoms with Crippen molar-refractivity contribution < 1.29 is 4.74 Å². The van der Waals surface area contributed by atoms with Crippen molar-refractivity contribution in [2.75, 3.05) is 6.61 Å². The first-order valence-corrected chi connectivity index (χ1v) is 6.99. The summed E-state index contributed by atoms with van der Waals surface area (Å²) in [5.74, 6) is 0.954. The van der Waals surface area contributed by atoms with Crippen molar-refractivity contribution in [1.29, 1.82) is 0 Å². The van der Waals surface area contributed by atoms with Gasteiger partial charge in [0.1, 0.15) is 11.4 Å². The van der Waals surface area contributed by atoms with Crippen LogP contribution in [0.2, 0.25) is 0 Å². The fourth-order valence-electron chi connectivity index (χ4n) is 2.13. The van der Waals surface area contributed by atoms with E-state index in [9.17, 15) is 0 Å². The van der Waals surface area contributed by atoms with Crippen molar-refractivity contribution in [2.24, 2.45) is 0 Å². The zero-order chi connectivity index (χ0) is 13.6. The summed E-state index contributed by atoms with van der Waals surface area (Å²) >= 11 is 0. The average molecular weight is 253 g/mol. The summed E-state index contributed by atoms with van der Waals surface area (Å²) in [6.45, 7) is 12.1. The van der Waals surface area contributed by atoms with E-state index in [1.165, 1.54) is 0 Å². The number of hydrogen-bond donors (Lipinski definition) is 2. The first-order chi connectivity index (χ1) is 8.57. The van der Waals surface area contributed by atoms with E-state index >= 15 is 0 Å². The van der Waals surface area contributed by atoms with Crippen LogP contribution in [-0.2, 0) is 16.9 Å². The predicted octanol–water partition coefficient (Wildman–Crippen LogP) is 2.96. The monoisotopic (exact) mass is 253 g/mol. The Bertz CT molecular complexity index is 343. The molecule has 4 nitrogen and oxygen atoms in total. The maximum Gasteiger partial charge on any atom is 0.138 e. The molecule has 1 aromatic heterocycles. The highest BCUT2D eigenvalue weighted by molar-refractivity contribution is 5.09. The van der Waals surface area contributed by atoms with Crippen LogP contribution in [0.25, 0.3) is 0 Å². The minimum atomic E-state index is -0.259. The second-order valence-electron chi connectivity index (χ2n) is 4.93. The van der Waals surface area contributed by atoms with Crippen LogP contribution >= 0.6 is 0 Å². The molecule has 0 spiro atoms. The molecule has 0 aromatic carbocycles. The van der Waals surface area contributed by atoms with Gasteiger partial charge in [0.05, 0.1) is 0 Å². The Hall–Kier alpha value is -0.870. The van der Waals surface area contributed by atoms with E-state index in [1.54, 1.807) is 0 Å². The van der Waals surface area contributed by atoms with Crippen LogP contribution in [0, 0.1) is 0 Å². The van der Waals surface area contributed by atoms with Crippen molar-refractivity contribution in [1.82, 2.24) is 15.3 Å². The van der Waals surface area contributed by atoms with Crippen LogP contribution in [0.1, 0.15) is 59.0 Å². The van der Waals surface area contributed by atoms with E-state index in [1.807, 2.05) is 13.1 Å². The Labute approximate surface area is 111 Å². The summed E-state index contributed by atoms with van der Waals surface area (Å²) in [4.78, 5) is 7.90. The Kier molecular flexibility index (Phi) is 5.82. The number of ether oxygens (including phenoxy) is 1. The molecule has 0 aliphatic carbocycles. The molecule has 0 saturated carbocycles. The topological polar surface area (TPSA) is 49.9 Å². The summed E-state index contributed by atoms with van der Waals surface area (Å²) < 4.78 is 5.94. The second-order valence-corrected chi connectivity index (χ2v) is 4.93. The number of nitrogens with one attached hydrogen (secondary N) is 2. The molecule has 0 aliphatic rings. The molecule has 1 aromatic rings. The van der Waals surface area contributed by atoms with Crippen LogP contribution in [0.3, 0.4) is 0 Å². The van der Waals surface area contributed by atoms with Crippen LogP contribution in [0.5, 0.6) is 0 Å². The predicted molar refractivity (Wildman–Crippen MR) is 74.4 cm³/mol. The molecule has 1 rings (SSSR count). The molecular formula is C14H27N3O. The lowest BCUT2D eigenvalue weighted by Gasteiger charge is -2.29. The van der Waals surface area contributed by atoms with Crippen LogP contribution in [0.15, 0.2) is 6.20 Å². The number of aromatic nitrogens is 2. The van der Waals surface area contributed by atoms with Crippen molar-refractivity contribution in [2.45, 2.75) is 65.6 Å². The average Bonchev–Trinajstić information content (AvgIpc) is 2.83. The van der Waals surface area contributed by atoms with Crippen molar-refractivity contribution in [3.63, 3.8) is 0 Å². The fourth-order valence-corrected chi connectivity index (χ4v) is 2.13. The maximum atomic E-state index is 5.94. The lowest BCUT2D eigenvalue weighted by Crippen LogP contribution is -2.30. The molecule has 104 valence electrons. The van der Waals surface area contributed by atoms with Crippen LogP contribution < -0.4 is 5.32 Å². The van der Waals surface area contributed by atoms with Gasteiger partial charge in [0.2, 0.25) is 0 Å². The van der Waals surface area contributed by atoms with E-state index in [4.69, 9.17) is 4.74 Å². The van der Waals surface area contributed by atoms with Crippen molar-refractivity contribution >= 4 is 0 Å². The molecule has 4 heteroatoms. The molecule has 0 unspecified atom stereocenters. The van der Waals surface area contributed by atoms with E-state index in [0.29, 0.717) is 12.6 Å². The Morgan fingerprint density at radius 2 is 2.00 bits per heavy atom. The molecule has 0 aliphatic heterocycles. The van der Waals surface area contributed by atoms with Gasteiger partial charge < -0.3 is 15.0 Å². The number of H-pyrrole nitrogens is 1. The molecule has 0 saturated heterocycles. The van der Waals surface area contributed by atoms with Gasteiger partial charge in [-0.25, -0.2) is 4.98 Å². The lowest BCUT2D eigenvalue weighted by molar-refractivity contribution is -0.0566. The standard InChI is InChI=1S/C14H27N3O/c1-6-14(7-2,18-8-3)13-16-10-12(17-13)9-15-11(4)5/h10-11,15H,6-9H2,1-5H3,(H,16,17). The Balaban J connectivity index is 2.80. The van der Waals surface area contributed by atoms with Crippen LogP contribution in [-0.4, -0.2) is 22.6 Å². The zero-order valence-corrected chi connectivity index (χ0v) is 12.3. The smallest absolute Gasteiger partial charge is 0.138 e. The van der Waals surface area contributed by atoms with Crippen molar-refractivity contribution in [3.8, 4) is 0 Å². The van der Waals surface area contributed by atoms with Gasteiger partial charge in [0.25, 0.3) is 0 Å². The normalized spacial score (nSPS) is 12.3. The maximum absolute atomic E-state index is 5.94. The fraction of sp³-hybridized carbons (Fsp3) is 0.786. The van der Waals surface area contributed by atoms with Crippen molar-refractivity contribution in [3.05, 3.63) is 17.7 Å². The van der Waals surface area contributed by atoms with Gasteiger partial charge in [-0.2, -0.15) is 0 Å². The molecule has 18 heavy (non-hydrogen) atoms. The number of nitrogens with zero attached hydrogens (tertiary/aromatic N) is 1. The Morgan fingerprint density at radius 1 is 1.33 bits per heavy atom. The van der Waals surface area contributed by atoms with Gasteiger partial charge in [-0.05, 0) is 19.8 Å². The van der Waals surface area contributed by atoms with E-state index in [0.717, 1.165) is 30.9 Å². The van der Waals surface area contributed by atoms with Gasteiger partial charge in [-0.15, -0.1) is 0 Å². The van der Waals surface area contributed by atoms with E-state index in [-0.39, 0.29) is 5.60 Å². The molecule has 0 radical (unpaired) electrons. The SMILES string of the molecule is CCOC(CC)(CC)c1ncc(CNC(C)C)[nH]1. The van der Waals surface area contributed by atoms with E-state index < -0.39 is 0 Å². The summed E-state index contributed by atoms with van der Waals surface area (Å²) in [7, 11) is 0. The number of aromatic amines is 1. The summed E-state index contributed by atoms with van der Waals surface area (Å²) in [5, 5.41) is 3.38. The molecule has 1 heterocycles. The number of rotatable bonds is 8. The molecule has 0 fully saturated rings. The molecule has 0 atom stereocenters. The molecule has 0 amide bonds. The van der Waals surface area contributed by atoms with Gasteiger partial charge >= 0.3 is 0 Å². The highest BCUT2D eigenvalue weighted by Gasteiger charge is 2.31. The largest absolute Gasteiger partial charge is 0.367 e. The van der Waals surface area contributed by atoms with Gasteiger partial charge in [0, 0.05) is 31.1 Å². The molecule has 2 N–H and O–H groups in total. The third kappa shape index (κ3) is 3.56. The summed E-state index contributed by atoms with van der Waals surface area (Å²) in [6, 6.07) is 0.478. The number of imidazole rings is 1. The Morgan fingerprint density at radius 3 is 2.50 bits per heavy atom. The third-order valence-electron chi connectivity index (χ3n) is 3.32. The minimum absolute atomic E-state index is 0.259. The third-order valence-corrected chi connectivity index (χ3v) is 3.32. The van der Waals surface area contributed by atoms with E-state index in [2.05, 4.69) is 43.0 Å². The van der Waals surface area contributed by atoms with Gasteiger partial charge in [-0.1, -0.05) is 27.7 Å². The second kappa shape index (κ2) is 6.90. The first-order valence-electron chi connectivity index (χ1n) is 6.99. The minimum Gasteiger partial charge on any atom is -0.367 e. The summed E-state index contributed by atoms with van der Waals surface area (Å²) in [5.41, 5.74) is 0.856.